The van der Waals surface area contributed by atoms with Crippen molar-refractivity contribution in [2.45, 2.75) is 51.7 Å². The van der Waals surface area contributed by atoms with Gasteiger partial charge in [-0.25, -0.2) is 0 Å². The minimum Gasteiger partial charge on any atom is -0.388 e. The highest BCUT2D eigenvalue weighted by molar-refractivity contribution is 5.13. The van der Waals surface area contributed by atoms with Gasteiger partial charge in [-0.1, -0.05) is 13.3 Å². The second-order valence-corrected chi connectivity index (χ2v) is 5.39. The fourth-order valence-electron chi connectivity index (χ4n) is 2.72. The summed E-state index contributed by atoms with van der Waals surface area (Å²) in [4.78, 5) is 2.55. The van der Waals surface area contributed by atoms with Gasteiger partial charge in [-0.05, 0) is 56.9 Å². The molecule has 1 unspecified atom stereocenters. The van der Waals surface area contributed by atoms with Crippen LogP contribution < -0.4 is 0 Å². The van der Waals surface area contributed by atoms with Crippen LogP contribution in [-0.2, 0) is 6.54 Å². The molecule has 1 atom stereocenters. The van der Waals surface area contributed by atoms with Crippen molar-refractivity contribution in [1.82, 2.24) is 9.47 Å². The average Bonchev–Trinajstić information content (AvgIpc) is 3.00. The molecule has 3 nitrogen and oxygen atoms in total. The summed E-state index contributed by atoms with van der Waals surface area (Å²) in [5.41, 5.74) is 1.07. The van der Waals surface area contributed by atoms with Crippen LogP contribution in [0, 0.1) is 0 Å². The molecule has 1 fully saturated rings. The van der Waals surface area contributed by atoms with Crippen LogP contribution in [0.25, 0.3) is 0 Å². The van der Waals surface area contributed by atoms with E-state index in [4.69, 9.17) is 0 Å². The summed E-state index contributed by atoms with van der Waals surface area (Å²) < 4.78 is 2.21. The summed E-state index contributed by atoms with van der Waals surface area (Å²) in [7, 11) is 0. The molecular formula is C15H26N2O. The van der Waals surface area contributed by atoms with Gasteiger partial charge in [-0.3, -0.25) is 0 Å². The average molecular weight is 250 g/mol. The predicted molar refractivity (Wildman–Crippen MR) is 74.6 cm³/mol. The van der Waals surface area contributed by atoms with Gasteiger partial charge in [-0.2, -0.15) is 0 Å². The van der Waals surface area contributed by atoms with E-state index in [0.717, 1.165) is 24.9 Å². The van der Waals surface area contributed by atoms with E-state index in [1.165, 1.54) is 38.9 Å². The first-order chi connectivity index (χ1) is 8.79. The summed E-state index contributed by atoms with van der Waals surface area (Å²) >= 11 is 0. The maximum Gasteiger partial charge on any atom is 0.0804 e. The number of nitrogens with zero attached hydrogens (tertiary/aromatic N) is 2. The fraction of sp³-hybridized carbons (Fsp3) is 0.733. The number of aliphatic hydroxyl groups excluding tert-OH is 1. The second-order valence-electron chi connectivity index (χ2n) is 5.39. The SMILES string of the molecule is CCCC(O)c1ccn(CCCN2CCCC2)c1. The molecule has 0 saturated carbocycles. The first-order valence-corrected chi connectivity index (χ1v) is 7.35. The molecule has 1 aliphatic rings. The molecule has 3 heteroatoms. The third kappa shape index (κ3) is 3.85. The van der Waals surface area contributed by atoms with Crippen molar-refractivity contribution in [2.75, 3.05) is 19.6 Å². The fourth-order valence-corrected chi connectivity index (χ4v) is 2.72. The van der Waals surface area contributed by atoms with Gasteiger partial charge in [0.1, 0.15) is 0 Å². The van der Waals surface area contributed by atoms with Crippen molar-refractivity contribution >= 4 is 0 Å². The summed E-state index contributed by atoms with van der Waals surface area (Å²) in [6, 6.07) is 2.05. The van der Waals surface area contributed by atoms with Gasteiger partial charge in [-0.15, -0.1) is 0 Å². The topological polar surface area (TPSA) is 28.4 Å². The Hall–Kier alpha value is -0.800. The van der Waals surface area contributed by atoms with Crippen molar-refractivity contribution in [3.05, 3.63) is 24.0 Å². The van der Waals surface area contributed by atoms with E-state index in [9.17, 15) is 5.11 Å². The summed E-state index contributed by atoms with van der Waals surface area (Å²) in [6.45, 7) is 6.95. The Labute approximate surface area is 110 Å². The maximum atomic E-state index is 9.91. The Balaban J connectivity index is 1.72. The van der Waals surface area contributed by atoms with Gasteiger partial charge in [0.2, 0.25) is 0 Å². The molecular weight excluding hydrogens is 224 g/mol. The lowest BCUT2D eigenvalue weighted by Gasteiger charge is -2.14. The van der Waals surface area contributed by atoms with Crippen LogP contribution in [0.4, 0.5) is 0 Å². The highest BCUT2D eigenvalue weighted by Crippen LogP contribution is 2.18. The largest absolute Gasteiger partial charge is 0.388 e. The molecule has 0 radical (unpaired) electrons. The van der Waals surface area contributed by atoms with Gasteiger partial charge >= 0.3 is 0 Å². The zero-order valence-corrected chi connectivity index (χ0v) is 11.5. The minimum atomic E-state index is -0.283. The van der Waals surface area contributed by atoms with Crippen LogP contribution in [0.1, 0.15) is 50.7 Å². The molecule has 1 aromatic rings. The molecule has 1 N–H and O–H groups in total. The van der Waals surface area contributed by atoms with Crippen molar-refractivity contribution in [1.29, 1.82) is 0 Å². The normalized spacial score (nSPS) is 18.3. The molecule has 102 valence electrons. The number of likely N-dealkylation sites (tertiary alicyclic amines) is 1. The molecule has 1 saturated heterocycles. The standard InChI is InChI=1S/C15H26N2O/c1-2-6-15(18)14-7-12-17(13-14)11-5-10-16-8-3-4-9-16/h7,12-13,15,18H,2-6,8-11H2,1H3. The van der Waals surface area contributed by atoms with Crippen LogP contribution in [0.2, 0.25) is 0 Å². The second kappa shape index (κ2) is 6.95. The number of aromatic nitrogens is 1. The lowest BCUT2D eigenvalue weighted by molar-refractivity contribution is 0.166. The molecule has 2 rings (SSSR count). The van der Waals surface area contributed by atoms with E-state index in [-0.39, 0.29) is 6.10 Å². The van der Waals surface area contributed by atoms with Crippen LogP contribution in [-0.4, -0.2) is 34.2 Å². The lowest BCUT2D eigenvalue weighted by Crippen LogP contribution is -2.21. The number of aliphatic hydroxyl groups is 1. The molecule has 1 aromatic heterocycles. The lowest BCUT2D eigenvalue weighted by atomic mass is 10.1. The number of rotatable bonds is 7. The number of hydrogen-bond donors (Lipinski definition) is 1. The Morgan fingerprint density at radius 3 is 2.78 bits per heavy atom. The predicted octanol–water partition coefficient (Wildman–Crippen LogP) is 2.81. The smallest absolute Gasteiger partial charge is 0.0804 e. The zero-order chi connectivity index (χ0) is 12.8. The molecule has 1 aliphatic heterocycles. The summed E-state index contributed by atoms with van der Waals surface area (Å²) in [5, 5.41) is 9.91. The highest BCUT2D eigenvalue weighted by atomic mass is 16.3. The third-order valence-electron chi connectivity index (χ3n) is 3.81. The molecule has 0 amide bonds. The van der Waals surface area contributed by atoms with Crippen LogP contribution in [0.5, 0.6) is 0 Å². The monoisotopic (exact) mass is 250 g/mol. The van der Waals surface area contributed by atoms with Crippen molar-refractivity contribution < 1.29 is 5.11 Å². The van der Waals surface area contributed by atoms with Gasteiger partial charge < -0.3 is 14.6 Å². The Kier molecular flexibility index (Phi) is 5.26. The molecule has 18 heavy (non-hydrogen) atoms. The first kappa shape index (κ1) is 13.6. The van der Waals surface area contributed by atoms with Gasteiger partial charge in [0.15, 0.2) is 0 Å². The minimum absolute atomic E-state index is 0.283. The van der Waals surface area contributed by atoms with E-state index in [1.807, 2.05) is 0 Å². The summed E-state index contributed by atoms with van der Waals surface area (Å²) in [6.07, 6.45) is 9.75. The van der Waals surface area contributed by atoms with Crippen LogP contribution in [0.3, 0.4) is 0 Å². The Bertz CT molecular complexity index is 342. The van der Waals surface area contributed by atoms with E-state index in [1.54, 1.807) is 0 Å². The molecule has 0 bridgehead atoms. The molecule has 0 aliphatic carbocycles. The zero-order valence-electron chi connectivity index (χ0n) is 11.5. The molecule has 0 aromatic carbocycles. The molecule has 2 heterocycles. The number of hydrogen-bond acceptors (Lipinski definition) is 2. The first-order valence-electron chi connectivity index (χ1n) is 7.35. The molecule has 0 spiro atoms. The maximum absolute atomic E-state index is 9.91. The van der Waals surface area contributed by atoms with E-state index >= 15 is 0 Å². The van der Waals surface area contributed by atoms with Crippen LogP contribution in [0.15, 0.2) is 18.5 Å². The van der Waals surface area contributed by atoms with Crippen molar-refractivity contribution in [3.63, 3.8) is 0 Å². The van der Waals surface area contributed by atoms with Gasteiger partial charge in [0.05, 0.1) is 6.10 Å². The van der Waals surface area contributed by atoms with E-state index < -0.39 is 0 Å². The highest BCUT2D eigenvalue weighted by Gasteiger charge is 2.11. The Morgan fingerprint density at radius 1 is 1.28 bits per heavy atom. The van der Waals surface area contributed by atoms with Crippen molar-refractivity contribution in [2.24, 2.45) is 0 Å². The summed E-state index contributed by atoms with van der Waals surface area (Å²) in [5.74, 6) is 0. The quantitative estimate of drug-likeness (QED) is 0.806. The van der Waals surface area contributed by atoms with Crippen molar-refractivity contribution in [3.8, 4) is 0 Å². The third-order valence-corrected chi connectivity index (χ3v) is 3.81. The van der Waals surface area contributed by atoms with Crippen LogP contribution >= 0.6 is 0 Å². The number of aryl methyl sites for hydroxylation is 1. The van der Waals surface area contributed by atoms with E-state index in [0.29, 0.717) is 0 Å². The van der Waals surface area contributed by atoms with Gasteiger partial charge in [0, 0.05) is 18.9 Å². The van der Waals surface area contributed by atoms with Gasteiger partial charge in [0.25, 0.3) is 0 Å². The van der Waals surface area contributed by atoms with E-state index in [2.05, 4.69) is 34.9 Å². The Morgan fingerprint density at radius 2 is 2.06 bits per heavy atom.